The van der Waals surface area contributed by atoms with E-state index >= 15 is 0 Å². The lowest BCUT2D eigenvalue weighted by Crippen LogP contribution is -2.07. The Hall–Kier alpha value is -2.67. The van der Waals surface area contributed by atoms with Crippen LogP contribution in [0.25, 0.3) is 10.9 Å². The van der Waals surface area contributed by atoms with E-state index in [1.54, 1.807) is 17.7 Å². The van der Waals surface area contributed by atoms with Gasteiger partial charge in [0.2, 0.25) is 5.82 Å². The van der Waals surface area contributed by atoms with Crippen LogP contribution in [0.3, 0.4) is 0 Å². The van der Waals surface area contributed by atoms with Gasteiger partial charge in [-0.1, -0.05) is 11.6 Å². The Labute approximate surface area is 143 Å². The minimum Gasteiger partial charge on any atom is -0.384 e. The number of benzene rings is 1. The van der Waals surface area contributed by atoms with E-state index in [1.165, 1.54) is 6.20 Å². The molecule has 1 N–H and O–H groups in total. The molecule has 2 heterocycles. The molecule has 0 saturated carbocycles. The third-order valence-electron chi connectivity index (χ3n) is 3.75. The highest BCUT2D eigenvalue weighted by molar-refractivity contribution is 6.31. The SMILES string of the molecule is Cc1nc([N+](=O)[O-])cn1CCCNc1ccnc2cc(Cl)ccc12. The van der Waals surface area contributed by atoms with Gasteiger partial charge in [0.1, 0.15) is 6.20 Å². The Balaban J connectivity index is 1.62. The topological polar surface area (TPSA) is 85.9 Å². The Morgan fingerprint density at radius 1 is 1.38 bits per heavy atom. The normalized spacial score (nSPS) is 10.9. The van der Waals surface area contributed by atoms with Crippen molar-refractivity contribution in [2.75, 3.05) is 11.9 Å². The molecule has 8 heteroatoms. The molecule has 0 aliphatic rings. The van der Waals surface area contributed by atoms with Gasteiger partial charge >= 0.3 is 5.82 Å². The first-order valence-corrected chi connectivity index (χ1v) is 7.89. The summed E-state index contributed by atoms with van der Waals surface area (Å²) in [6, 6.07) is 7.53. The van der Waals surface area contributed by atoms with Crippen molar-refractivity contribution >= 4 is 34.0 Å². The maximum Gasteiger partial charge on any atom is 0.381 e. The molecule has 3 aromatic rings. The maximum absolute atomic E-state index is 10.7. The molecule has 0 unspecified atom stereocenters. The second-order valence-electron chi connectivity index (χ2n) is 5.40. The number of aromatic nitrogens is 3. The van der Waals surface area contributed by atoms with E-state index in [9.17, 15) is 10.1 Å². The summed E-state index contributed by atoms with van der Waals surface area (Å²) in [5.41, 5.74) is 1.83. The Kier molecular flexibility index (Phi) is 4.61. The number of fused-ring (bicyclic) bond motifs is 1. The van der Waals surface area contributed by atoms with Crippen LogP contribution in [-0.2, 0) is 6.54 Å². The van der Waals surface area contributed by atoms with Crippen LogP contribution in [0.15, 0.2) is 36.7 Å². The lowest BCUT2D eigenvalue weighted by atomic mass is 10.2. The van der Waals surface area contributed by atoms with Crippen molar-refractivity contribution in [2.45, 2.75) is 19.9 Å². The fourth-order valence-corrected chi connectivity index (χ4v) is 2.72. The molecule has 0 atom stereocenters. The molecule has 0 aliphatic heterocycles. The van der Waals surface area contributed by atoms with Crippen molar-refractivity contribution in [2.24, 2.45) is 0 Å². The van der Waals surface area contributed by atoms with E-state index < -0.39 is 4.92 Å². The third-order valence-corrected chi connectivity index (χ3v) is 3.98. The second-order valence-corrected chi connectivity index (χ2v) is 5.83. The number of nitrogens with one attached hydrogen (secondary N) is 1. The van der Waals surface area contributed by atoms with Gasteiger partial charge < -0.3 is 20.0 Å². The molecule has 1 aromatic carbocycles. The molecule has 7 nitrogen and oxygen atoms in total. The van der Waals surface area contributed by atoms with Gasteiger partial charge in [0.05, 0.1) is 5.52 Å². The average molecular weight is 346 g/mol. The predicted octanol–water partition coefficient (Wildman–Crippen LogP) is 3.80. The molecule has 3 rings (SSSR count). The first-order chi connectivity index (χ1) is 11.5. The van der Waals surface area contributed by atoms with Gasteiger partial charge in [-0.3, -0.25) is 4.98 Å². The molecule has 124 valence electrons. The van der Waals surface area contributed by atoms with Gasteiger partial charge in [-0.15, -0.1) is 0 Å². The molecular formula is C16H16ClN5O2. The smallest absolute Gasteiger partial charge is 0.381 e. The second kappa shape index (κ2) is 6.84. The van der Waals surface area contributed by atoms with Crippen molar-refractivity contribution in [3.8, 4) is 0 Å². The zero-order chi connectivity index (χ0) is 17.1. The minimum atomic E-state index is -0.476. The van der Waals surface area contributed by atoms with Crippen molar-refractivity contribution < 1.29 is 4.92 Å². The van der Waals surface area contributed by atoms with Crippen LogP contribution >= 0.6 is 11.6 Å². The first-order valence-electron chi connectivity index (χ1n) is 7.51. The number of imidazole rings is 1. The molecule has 0 amide bonds. The minimum absolute atomic E-state index is 0.113. The molecular weight excluding hydrogens is 330 g/mol. The first kappa shape index (κ1) is 16.2. The highest BCUT2D eigenvalue weighted by Crippen LogP contribution is 2.24. The zero-order valence-electron chi connectivity index (χ0n) is 13.1. The summed E-state index contributed by atoms with van der Waals surface area (Å²) in [7, 11) is 0. The van der Waals surface area contributed by atoms with Crippen LogP contribution in [0.1, 0.15) is 12.2 Å². The summed E-state index contributed by atoms with van der Waals surface area (Å²) in [6.45, 7) is 3.15. The van der Waals surface area contributed by atoms with E-state index in [0.29, 0.717) is 17.4 Å². The number of aryl methyl sites for hydroxylation is 2. The number of halogens is 1. The van der Waals surface area contributed by atoms with E-state index in [4.69, 9.17) is 11.6 Å². The summed E-state index contributed by atoms with van der Waals surface area (Å²) in [5, 5.41) is 15.8. The van der Waals surface area contributed by atoms with Crippen molar-refractivity contribution in [3.05, 3.63) is 57.6 Å². The van der Waals surface area contributed by atoms with E-state index in [2.05, 4.69) is 15.3 Å². The summed E-state index contributed by atoms with van der Waals surface area (Å²) in [5.74, 6) is 0.531. The lowest BCUT2D eigenvalue weighted by molar-refractivity contribution is -0.389. The average Bonchev–Trinajstić information content (AvgIpc) is 2.92. The zero-order valence-corrected chi connectivity index (χ0v) is 13.8. The number of nitrogens with zero attached hydrogens (tertiary/aromatic N) is 4. The number of hydrogen-bond donors (Lipinski definition) is 1. The largest absolute Gasteiger partial charge is 0.384 e. The van der Waals surface area contributed by atoms with Crippen LogP contribution in [0.2, 0.25) is 5.02 Å². The van der Waals surface area contributed by atoms with Gasteiger partial charge in [-0.2, -0.15) is 0 Å². The predicted molar refractivity (Wildman–Crippen MR) is 93.5 cm³/mol. The van der Waals surface area contributed by atoms with Crippen molar-refractivity contribution in [3.63, 3.8) is 0 Å². The fraction of sp³-hybridized carbons (Fsp3) is 0.250. The number of rotatable bonds is 6. The lowest BCUT2D eigenvalue weighted by Gasteiger charge is -2.10. The van der Waals surface area contributed by atoms with Crippen LogP contribution in [0, 0.1) is 17.0 Å². The van der Waals surface area contributed by atoms with E-state index in [0.717, 1.165) is 29.6 Å². The number of hydrogen-bond acceptors (Lipinski definition) is 5. The summed E-state index contributed by atoms with van der Waals surface area (Å²) >= 11 is 5.99. The molecule has 0 spiro atoms. The van der Waals surface area contributed by atoms with Gasteiger partial charge in [-0.25, -0.2) is 0 Å². The number of nitro groups is 1. The van der Waals surface area contributed by atoms with E-state index in [-0.39, 0.29) is 5.82 Å². The highest BCUT2D eigenvalue weighted by Gasteiger charge is 2.14. The van der Waals surface area contributed by atoms with Crippen molar-refractivity contribution in [1.29, 1.82) is 0 Å². The van der Waals surface area contributed by atoms with Gasteiger partial charge in [0.25, 0.3) is 0 Å². The van der Waals surface area contributed by atoms with Crippen molar-refractivity contribution in [1.82, 2.24) is 14.5 Å². The number of pyridine rings is 1. The molecule has 0 bridgehead atoms. The number of anilines is 1. The maximum atomic E-state index is 10.7. The Morgan fingerprint density at radius 3 is 2.96 bits per heavy atom. The molecule has 0 aliphatic carbocycles. The monoisotopic (exact) mass is 345 g/mol. The Bertz CT molecular complexity index is 893. The standard InChI is InChI=1S/C16H16ClN5O2/c1-11-20-16(22(23)24)10-21(11)8-2-6-18-14-5-7-19-15-9-12(17)3-4-13(14)15/h3-5,7,9-10H,2,6,8H2,1H3,(H,18,19). The van der Waals surface area contributed by atoms with Crippen LogP contribution in [0.5, 0.6) is 0 Å². The molecule has 2 aromatic heterocycles. The molecule has 24 heavy (non-hydrogen) atoms. The van der Waals surface area contributed by atoms with Crippen LogP contribution in [-0.4, -0.2) is 26.0 Å². The molecule has 0 saturated heterocycles. The third kappa shape index (κ3) is 3.46. The van der Waals surface area contributed by atoms with E-state index in [1.807, 2.05) is 24.3 Å². The van der Waals surface area contributed by atoms with Crippen LogP contribution < -0.4 is 5.32 Å². The van der Waals surface area contributed by atoms with Gasteiger partial charge in [0.15, 0.2) is 0 Å². The Morgan fingerprint density at radius 2 is 2.21 bits per heavy atom. The van der Waals surface area contributed by atoms with Gasteiger partial charge in [0, 0.05) is 42.3 Å². The summed E-state index contributed by atoms with van der Waals surface area (Å²) in [6.07, 6.45) is 4.02. The molecule has 0 fully saturated rings. The quantitative estimate of drug-likeness (QED) is 0.417. The fourth-order valence-electron chi connectivity index (χ4n) is 2.55. The highest BCUT2D eigenvalue weighted by atomic mass is 35.5. The summed E-state index contributed by atoms with van der Waals surface area (Å²) < 4.78 is 1.80. The summed E-state index contributed by atoms with van der Waals surface area (Å²) in [4.78, 5) is 18.5. The van der Waals surface area contributed by atoms with Crippen LogP contribution in [0.4, 0.5) is 11.5 Å². The van der Waals surface area contributed by atoms with Gasteiger partial charge in [-0.05, 0) is 40.6 Å². The molecule has 0 radical (unpaired) electrons.